The minimum Gasteiger partial charge on any atom is -0.489 e. The zero-order valence-corrected chi connectivity index (χ0v) is 18.1. The summed E-state index contributed by atoms with van der Waals surface area (Å²) in [6.07, 6.45) is 0.842. The average molecular weight is 427 g/mol. The molecule has 7 nitrogen and oxygen atoms in total. The van der Waals surface area contributed by atoms with E-state index in [1.54, 1.807) is 6.20 Å². The molecule has 8 heteroatoms. The minimum absolute atomic E-state index is 0.0153. The second kappa shape index (κ2) is 8.59. The van der Waals surface area contributed by atoms with Gasteiger partial charge in [0.1, 0.15) is 18.5 Å². The molecule has 1 atom stereocenters. The van der Waals surface area contributed by atoms with Gasteiger partial charge in [-0.05, 0) is 30.3 Å². The number of benzene rings is 2. The predicted octanol–water partition coefficient (Wildman–Crippen LogP) is 3.28. The Morgan fingerprint density at radius 2 is 2.10 bits per heavy atom. The third-order valence-electron chi connectivity index (χ3n) is 5.01. The molecule has 0 fully saturated rings. The predicted molar refractivity (Wildman–Crippen MR) is 124 cm³/mol. The monoisotopic (exact) mass is 426 g/mol. The van der Waals surface area contributed by atoms with E-state index in [0.717, 1.165) is 33.8 Å². The minimum atomic E-state index is -0.923. The van der Waals surface area contributed by atoms with Gasteiger partial charge in [0.05, 0.1) is 29.4 Å². The normalized spacial score (nSPS) is 14.0. The maximum absolute atomic E-state index is 9.64. The molecular weight excluding hydrogens is 400 g/mol. The lowest BCUT2D eigenvalue weighted by atomic mass is 10.1. The van der Waals surface area contributed by atoms with Gasteiger partial charge in [0.2, 0.25) is 0 Å². The van der Waals surface area contributed by atoms with Crippen LogP contribution in [0.2, 0.25) is 0 Å². The number of rotatable bonds is 7. The van der Waals surface area contributed by atoms with Gasteiger partial charge in [0.25, 0.3) is 0 Å². The van der Waals surface area contributed by atoms with Crippen molar-refractivity contribution in [3.63, 3.8) is 0 Å². The van der Waals surface area contributed by atoms with Gasteiger partial charge in [0.15, 0.2) is 0 Å². The Kier molecular flexibility index (Phi) is 5.90. The Morgan fingerprint density at radius 1 is 1.27 bits per heavy atom. The van der Waals surface area contributed by atoms with E-state index in [4.69, 9.17) is 9.84 Å². The van der Waals surface area contributed by atoms with Crippen LogP contribution in [0.3, 0.4) is 0 Å². The number of hydrogen-bond donors (Lipinski definition) is 3. The summed E-state index contributed by atoms with van der Waals surface area (Å²) in [6.45, 7) is -0.326. The van der Waals surface area contributed by atoms with Gasteiger partial charge in [0, 0.05) is 55.1 Å². The fourth-order valence-electron chi connectivity index (χ4n) is 3.38. The van der Waals surface area contributed by atoms with E-state index in [2.05, 4.69) is 40.4 Å². The molecule has 0 saturated carbocycles. The number of pyridine rings is 1. The summed E-state index contributed by atoms with van der Waals surface area (Å²) in [5.74, 6) is 1.58. The number of nitrogens with zero attached hydrogens (tertiary/aromatic N) is 3. The molecular formula is C22H26N4O3S. The summed E-state index contributed by atoms with van der Waals surface area (Å²) < 4.78 is 5.76. The average Bonchev–Trinajstić information content (AvgIpc) is 3.11. The molecule has 4 rings (SSSR count). The topological polar surface area (TPSA) is 81.1 Å². The number of thioether (sulfide) groups is 1. The number of aliphatic hydroxyl groups is 2. The van der Waals surface area contributed by atoms with Crippen molar-refractivity contribution in [2.24, 2.45) is 0 Å². The Balaban J connectivity index is 1.69. The lowest BCUT2D eigenvalue weighted by molar-refractivity contribution is 0.0538. The molecule has 158 valence electrons. The van der Waals surface area contributed by atoms with E-state index in [9.17, 15) is 5.11 Å². The zero-order valence-electron chi connectivity index (χ0n) is 17.3. The maximum Gasteiger partial charge on any atom is 0.144 e. The van der Waals surface area contributed by atoms with Crippen LogP contribution in [0.1, 0.15) is 0 Å². The molecule has 30 heavy (non-hydrogen) atoms. The summed E-state index contributed by atoms with van der Waals surface area (Å²) >= 11 is 1.84. The zero-order chi connectivity index (χ0) is 21.3. The summed E-state index contributed by atoms with van der Waals surface area (Å²) in [4.78, 5) is 9.99. The van der Waals surface area contributed by atoms with Gasteiger partial charge >= 0.3 is 0 Å². The summed E-state index contributed by atoms with van der Waals surface area (Å²) in [5.41, 5.74) is 4.86. The van der Waals surface area contributed by atoms with Crippen molar-refractivity contribution in [1.29, 1.82) is 0 Å². The molecule has 0 amide bonds. The van der Waals surface area contributed by atoms with Crippen LogP contribution in [0.4, 0.5) is 22.7 Å². The van der Waals surface area contributed by atoms with Crippen molar-refractivity contribution in [2.75, 3.05) is 55.4 Å². The molecule has 3 N–H and O–H groups in total. The molecule has 2 heterocycles. The third-order valence-corrected chi connectivity index (χ3v) is 6.18. The lowest BCUT2D eigenvalue weighted by Crippen LogP contribution is -2.22. The molecule has 0 saturated heterocycles. The fraction of sp³-hybridized carbons (Fsp3) is 0.318. The first kappa shape index (κ1) is 20.6. The number of ether oxygens (including phenoxy) is 1. The first-order valence-corrected chi connectivity index (χ1v) is 10.7. The molecule has 1 aliphatic heterocycles. The molecule has 2 aromatic carbocycles. The Labute approximate surface area is 180 Å². The first-order valence-electron chi connectivity index (χ1n) is 9.73. The van der Waals surface area contributed by atoms with Crippen molar-refractivity contribution in [2.45, 2.75) is 11.0 Å². The van der Waals surface area contributed by atoms with E-state index in [1.807, 2.05) is 49.0 Å². The van der Waals surface area contributed by atoms with Crippen molar-refractivity contribution >= 4 is 45.4 Å². The summed E-state index contributed by atoms with van der Waals surface area (Å²) in [5, 5.41) is 23.2. The second-order valence-corrected chi connectivity index (χ2v) is 8.50. The standard InChI is InChI=1S/C22H26N4O3S/c1-25(2)19-9-16-17(24-14-4-5-22-20(8-14)26(3)13-30-22)6-7-23-18(16)10-21(19)29-12-15(28)11-27/h4-10,15,27-28H,11-13H2,1-3H3,(H,23,24). The Bertz CT molecular complexity index is 1060. The van der Waals surface area contributed by atoms with Crippen molar-refractivity contribution in [1.82, 2.24) is 4.98 Å². The van der Waals surface area contributed by atoms with E-state index < -0.39 is 6.10 Å². The van der Waals surface area contributed by atoms with Crippen LogP contribution in [0.25, 0.3) is 10.9 Å². The molecule has 0 aliphatic carbocycles. The number of fused-ring (bicyclic) bond motifs is 2. The van der Waals surface area contributed by atoms with E-state index in [1.165, 1.54) is 10.6 Å². The highest BCUT2D eigenvalue weighted by molar-refractivity contribution is 7.99. The maximum atomic E-state index is 9.64. The molecule has 1 unspecified atom stereocenters. The number of nitrogens with one attached hydrogen (secondary N) is 1. The SMILES string of the molecule is CN(C)c1cc2c(Nc3ccc4c(c3)N(C)CS4)ccnc2cc1OCC(O)CO. The number of hydrogen-bond acceptors (Lipinski definition) is 8. The smallest absolute Gasteiger partial charge is 0.144 e. The number of aliphatic hydroxyl groups excluding tert-OH is 2. The summed E-state index contributed by atoms with van der Waals surface area (Å²) in [6, 6.07) is 12.3. The van der Waals surface area contributed by atoms with Crippen LogP contribution in [-0.4, -0.2) is 61.5 Å². The number of anilines is 4. The Hall–Kier alpha value is -2.68. The van der Waals surface area contributed by atoms with Crippen LogP contribution >= 0.6 is 11.8 Å². The first-order chi connectivity index (χ1) is 14.5. The molecule has 1 aliphatic rings. The fourth-order valence-corrected chi connectivity index (χ4v) is 4.38. The van der Waals surface area contributed by atoms with Crippen molar-refractivity contribution < 1.29 is 14.9 Å². The number of aromatic nitrogens is 1. The van der Waals surface area contributed by atoms with E-state index >= 15 is 0 Å². The van der Waals surface area contributed by atoms with Gasteiger partial charge in [-0.25, -0.2) is 0 Å². The van der Waals surface area contributed by atoms with Crippen molar-refractivity contribution in [3.05, 3.63) is 42.6 Å². The van der Waals surface area contributed by atoms with Gasteiger partial charge in [-0.1, -0.05) is 0 Å². The van der Waals surface area contributed by atoms with Crippen LogP contribution in [0.15, 0.2) is 47.5 Å². The second-order valence-electron chi connectivity index (χ2n) is 7.52. The molecule has 3 aromatic rings. The van der Waals surface area contributed by atoms with Gasteiger partial charge in [-0.15, -0.1) is 11.8 Å². The molecule has 0 spiro atoms. The van der Waals surface area contributed by atoms with Gasteiger partial charge in [-0.2, -0.15) is 0 Å². The van der Waals surface area contributed by atoms with Gasteiger partial charge < -0.3 is 30.1 Å². The van der Waals surface area contributed by atoms with E-state index in [-0.39, 0.29) is 13.2 Å². The van der Waals surface area contributed by atoms with E-state index in [0.29, 0.717) is 5.75 Å². The highest BCUT2D eigenvalue weighted by atomic mass is 32.2. The van der Waals surface area contributed by atoms with Crippen LogP contribution in [0, 0.1) is 0 Å². The van der Waals surface area contributed by atoms with Gasteiger partial charge in [-0.3, -0.25) is 4.98 Å². The Morgan fingerprint density at radius 3 is 2.87 bits per heavy atom. The highest BCUT2D eigenvalue weighted by Gasteiger charge is 2.17. The van der Waals surface area contributed by atoms with Crippen LogP contribution in [0.5, 0.6) is 5.75 Å². The third kappa shape index (κ3) is 4.12. The van der Waals surface area contributed by atoms with Crippen LogP contribution < -0.4 is 19.9 Å². The van der Waals surface area contributed by atoms with Crippen LogP contribution in [-0.2, 0) is 0 Å². The lowest BCUT2D eigenvalue weighted by Gasteiger charge is -2.21. The molecule has 0 radical (unpaired) electrons. The highest BCUT2D eigenvalue weighted by Crippen LogP contribution is 2.40. The quantitative estimate of drug-likeness (QED) is 0.531. The summed E-state index contributed by atoms with van der Waals surface area (Å²) in [7, 11) is 5.98. The largest absolute Gasteiger partial charge is 0.489 e. The molecule has 1 aromatic heterocycles. The molecule has 0 bridgehead atoms. The van der Waals surface area contributed by atoms with Crippen molar-refractivity contribution in [3.8, 4) is 5.75 Å².